The van der Waals surface area contributed by atoms with E-state index >= 15 is 0 Å². The van der Waals surface area contributed by atoms with E-state index in [1.54, 1.807) is 6.08 Å². The molecule has 0 saturated carbocycles. The van der Waals surface area contributed by atoms with Gasteiger partial charge in [0.25, 0.3) is 5.70 Å². The zero-order valence-electron chi connectivity index (χ0n) is 21.5. The molecule has 4 nitrogen and oxygen atoms in total. The molecule has 0 spiro atoms. The normalized spacial score (nSPS) is 22.1. The number of rotatable bonds is 2. The Bertz CT molecular complexity index is 1220. The van der Waals surface area contributed by atoms with Gasteiger partial charge in [0, 0.05) is 24.2 Å². The molecule has 3 aliphatic rings. The van der Waals surface area contributed by atoms with E-state index in [9.17, 15) is 5.26 Å². The molecule has 0 aliphatic carbocycles. The van der Waals surface area contributed by atoms with Gasteiger partial charge in [0.15, 0.2) is 0 Å². The van der Waals surface area contributed by atoms with Crippen LogP contribution in [0, 0.1) is 28.7 Å². The molecule has 1 aromatic rings. The summed E-state index contributed by atoms with van der Waals surface area (Å²) in [5.41, 5.74) is 6.30. The summed E-state index contributed by atoms with van der Waals surface area (Å²) in [5.74, 6) is 1.39. The highest BCUT2D eigenvalue weighted by molar-refractivity contribution is 5.71. The first kappa shape index (κ1) is 23.9. The predicted molar refractivity (Wildman–Crippen MR) is 139 cm³/mol. The summed E-state index contributed by atoms with van der Waals surface area (Å²) in [4.78, 5) is 6.00. The third-order valence-electron chi connectivity index (χ3n) is 7.03. The zero-order chi connectivity index (χ0) is 24.9. The highest BCUT2D eigenvalue weighted by Crippen LogP contribution is 2.47. The Morgan fingerprint density at radius 2 is 1.91 bits per heavy atom. The van der Waals surface area contributed by atoms with Crippen LogP contribution >= 0.6 is 0 Å². The minimum atomic E-state index is -0.240. The number of anilines is 1. The van der Waals surface area contributed by atoms with Crippen LogP contribution in [0.2, 0.25) is 0 Å². The van der Waals surface area contributed by atoms with Crippen LogP contribution in [0.4, 0.5) is 5.69 Å². The van der Waals surface area contributed by atoms with Crippen molar-refractivity contribution in [3.05, 3.63) is 81.3 Å². The molecule has 0 fully saturated rings. The molecule has 0 aromatic heterocycles. The summed E-state index contributed by atoms with van der Waals surface area (Å²) in [5, 5.41) is 9.41. The number of nitriles is 1. The average molecular weight is 454 g/mol. The first-order valence-electron chi connectivity index (χ1n) is 12.1. The van der Waals surface area contributed by atoms with Crippen molar-refractivity contribution < 1.29 is 4.74 Å². The largest absolute Gasteiger partial charge is 0.461 e. The molecule has 4 rings (SSSR count). The highest BCUT2D eigenvalue weighted by atomic mass is 16.5. The molecule has 0 radical (unpaired) electrons. The van der Waals surface area contributed by atoms with Crippen molar-refractivity contribution in [3.63, 3.8) is 0 Å². The van der Waals surface area contributed by atoms with Crippen LogP contribution in [-0.2, 0) is 16.6 Å². The van der Waals surface area contributed by atoms with Crippen LogP contribution in [0.15, 0.2) is 53.1 Å². The zero-order valence-corrected chi connectivity index (χ0v) is 21.5. The maximum atomic E-state index is 9.41. The van der Waals surface area contributed by atoms with Crippen molar-refractivity contribution in [2.24, 2.45) is 10.8 Å². The Morgan fingerprint density at radius 3 is 2.56 bits per heavy atom. The lowest BCUT2D eigenvalue weighted by atomic mass is 9.71. The van der Waals surface area contributed by atoms with Crippen LogP contribution in [0.5, 0.6) is 0 Å². The second-order valence-electron chi connectivity index (χ2n) is 12.2. The average Bonchev–Trinajstić information content (AvgIpc) is 2.74. The molecule has 34 heavy (non-hydrogen) atoms. The molecule has 1 aromatic carbocycles. The van der Waals surface area contributed by atoms with Gasteiger partial charge in [-0.3, -0.25) is 0 Å². The molecule has 0 atom stereocenters. The van der Waals surface area contributed by atoms with Crippen molar-refractivity contribution >= 4 is 11.8 Å². The maximum Gasteiger partial charge on any atom is 0.269 e. The topological polar surface area (TPSA) is 40.6 Å². The molecule has 0 N–H and O–H groups in total. The summed E-state index contributed by atoms with van der Waals surface area (Å²) < 4.78 is 6.19. The Hall–Kier alpha value is -3.24. The fourth-order valence-electron chi connectivity index (χ4n) is 5.19. The van der Waals surface area contributed by atoms with E-state index in [0.29, 0.717) is 11.3 Å². The van der Waals surface area contributed by atoms with E-state index in [0.717, 1.165) is 37.3 Å². The lowest BCUT2D eigenvalue weighted by Crippen LogP contribution is -2.46. The molecule has 0 amide bonds. The fraction of sp³-hybridized carbons (Fsp3) is 0.467. The van der Waals surface area contributed by atoms with Gasteiger partial charge in [-0.15, -0.1) is 0 Å². The summed E-state index contributed by atoms with van der Waals surface area (Å²) in [7, 11) is 0. The van der Waals surface area contributed by atoms with Gasteiger partial charge in [-0.05, 0) is 76.3 Å². The minimum Gasteiger partial charge on any atom is -0.461 e. The minimum absolute atomic E-state index is 0.0817. The number of nitrogens with zero attached hydrogens (tertiary/aromatic N) is 3. The predicted octanol–water partition coefficient (Wildman–Crippen LogP) is 7.31. The van der Waals surface area contributed by atoms with Crippen molar-refractivity contribution in [1.82, 2.24) is 0 Å². The van der Waals surface area contributed by atoms with E-state index < -0.39 is 0 Å². The van der Waals surface area contributed by atoms with Gasteiger partial charge < -0.3 is 9.64 Å². The van der Waals surface area contributed by atoms with Gasteiger partial charge in [-0.2, -0.15) is 0 Å². The van der Waals surface area contributed by atoms with Crippen LogP contribution in [-0.4, -0.2) is 13.1 Å². The number of allylic oxidation sites excluding steroid dienone is 6. The van der Waals surface area contributed by atoms with Crippen LogP contribution in [0.1, 0.15) is 71.6 Å². The molecule has 0 saturated heterocycles. The number of hydrogen-bond donors (Lipinski definition) is 0. The quantitative estimate of drug-likeness (QED) is 0.348. The second kappa shape index (κ2) is 8.21. The van der Waals surface area contributed by atoms with Gasteiger partial charge in [-0.25, -0.2) is 10.1 Å². The van der Waals surface area contributed by atoms with E-state index in [-0.39, 0.29) is 21.9 Å². The van der Waals surface area contributed by atoms with Gasteiger partial charge in [-0.1, -0.05) is 54.5 Å². The molecular formula is C30H35N3O. The van der Waals surface area contributed by atoms with Crippen LogP contribution in [0.25, 0.3) is 10.9 Å². The van der Waals surface area contributed by atoms with Crippen LogP contribution in [0.3, 0.4) is 0 Å². The molecule has 0 bridgehead atoms. The van der Waals surface area contributed by atoms with Crippen molar-refractivity contribution in [3.8, 4) is 6.07 Å². The summed E-state index contributed by atoms with van der Waals surface area (Å²) in [6, 6.07) is 6.67. The SMILES string of the molecule is [C-]#[N+]C(C#N)=C1C=C(C=Cc2cc3c4c(c2)C(C)(C)CCN4CC(C)(C)C3)OC(C(C)(C)C)=C1. The summed E-state index contributed by atoms with van der Waals surface area (Å²) in [6.45, 7) is 25.2. The Labute approximate surface area is 204 Å². The van der Waals surface area contributed by atoms with E-state index in [4.69, 9.17) is 11.3 Å². The smallest absolute Gasteiger partial charge is 0.269 e. The summed E-state index contributed by atoms with van der Waals surface area (Å²) >= 11 is 0. The Balaban J connectivity index is 1.76. The van der Waals surface area contributed by atoms with Gasteiger partial charge in [0.2, 0.25) is 0 Å². The number of benzene rings is 1. The van der Waals surface area contributed by atoms with Crippen molar-refractivity contribution in [2.75, 3.05) is 18.0 Å². The second-order valence-corrected chi connectivity index (χ2v) is 12.2. The number of ether oxygens (including phenoxy) is 1. The first-order chi connectivity index (χ1) is 15.8. The molecule has 3 heterocycles. The first-order valence-corrected chi connectivity index (χ1v) is 12.1. The maximum absolute atomic E-state index is 9.41. The lowest BCUT2D eigenvalue weighted by molar-refractivity contribution is 0.223. The molecular weight excluding hydrogens is 418 g/mol. The van der Waals surface area contributed by atoms with Gasteiger partial charge in [0.05, 0.1) is 12.6 Å². The van der Waals surface area contributed by atoms with Gasteiger partial charge >= 0.3 is 0 Å². The van der Waals surface area contributed by atoms with Crippen LogP contribution < -0.4 is 4.90 Å². The number of hydrogen-bond acceptors (Lipinski definition) is 3. The third kappa shape index (κ3) is 4.55. The monoisotopic (exact) mass is 453 g/mol. The molecule has 0 unspecified atom stereocenters. The highest BCUT2D eigenvalue weighted by Gasteiger charge is 2.39. The molecule has 176 valence electrons. The van der Waals surface area contributed by atoms with Gasteiger partial charge in [0.1, 0.15) is 11.5 Å². The summed E-state index contributed by atoms with van der Waals surface area (Å²) in [6.07, 6.45) is 9.90. The fourth-order valence-corrected chi connectivity index (χ4v) is 5.19. The standard InChI is InChI=1S/C30H35N3O/c1-28(2,3)26-16-21(25(18-31)32-8)15-23(34-26)10-9-20-13-22-17-29(4,5)19-33-12-11-30(6,7)24(14-20)27(22)33/h9-10,13-16H,11-12,17,19H2,1-7H3. The Kier molecular flexibility index (Phi) is 5.77. The van der Waals surface area contributed by atoms with E-state index in [1.807, 2.05) is 18.2 Å². The third-order valence-corrected chi connectivity index (χ3v) is 7.03. The molecule has 4 heteroatoms. The van der Waals surface area contributed by atoms with E-state index in [1.165, 1.54) is 16.8 Å². The van der Waals surface area contributed by atoms with E-state index in [2.05, 4.69) is 76.4 Å². The Morgan fingerprint density at radius 1 is 1.18 bits per heavy atom. The van der Waals surface area contributed by atoms with Crippen molar-refractivity contribution in [1.29, 1.82) is 5.26 Å². The molecule has 3 aliphatic heterocycles. The van der Waals surface area contributed by atoms with Crippen molar-refractivity contribution in [2.45, 2.75) is 66.7 Å². The lowest BCUT2D eigenvalue weighted by Gasteiger charge is -2.48.